The van der Waals surface area contributed by atoms with E-state index in [2.05, 4.69) is 27.0 Å². The van der Waals surface area contributed by atoms with Crippen LogP contribution in [0.25, 0.3) is 0 Å². The molecule has 1 unspecified atom stereocenters. The highest BCUT2D eigenvalue weighted by Crippen LogP contribution is 2.22. The second-order valence-electron chi connectivity index (χ2n) is 4.40. The molecule has 0 radical (unpaired) electrons. The van der Waals surface area contributed by atoms with E-state index in [0.29, 0.717) is 13.0 Å². The first-order chi connectivity index (χ1) is 8.65. The first-order valence-corrected chi connectivity index (χ1v) is 7.20. The molecule has 4 nitrogen and oxygen atoms in total. The van der Waals surface area contributed by atoms with Crippen LogP contribution in [0.15, 0.2) is 17.5 Å². The fourth-order valence-corrected chi connectivity index (χ4v) is 2.62. The molecule has 1 heterocycles. The average Bonchev–Trinajstić information content (AvgIpc) is 2.83. The normalized spacial score (nSPS) is 12.7. The van der Waals surface area contributed by atoms with Crippen LogP contribution in [0.5, 0.6) is 0 Å². The molecule has 0 aromatic carbocycles. The highest BCUT2D eigenvalue weighted by atomic mass is 32.1. The standard InChI is InChI=1S/C13H23N3OS/c1-4-14-8-7-13(17)15-10-11(16(2)3)12-6-5-9-18-12/h5-6,9,11,14H,4,7-8,10H2,1-3H3,(H,15,17). The molecule has 0 saturated carbocycles. The van der Waals surface area contributed by atoms with Gasteiger partial charge in [-0.25, -0.2) is 0 Å². The van der Waals surface area contributed by atoms with E-state index in [1.165, 1.54) is 4.88 Å². The number of amides is 1. The number of likely N-dealkylation sites (N-methyl/N-ethyl adjacent to an activating group) is 1. The van der Waals surface area contributed by atoms with Gasteiger partial charge >= 0.3 is 0 Å². The van der Waals surface area contributed by atoms with Gasteiger partial charge in [0.1, 0.15) is 0 Å². The Bertz CT molecular complexity index is 338. The fraction of sp³-hybridized carbons (Fsp3) is 0.615. The van der Waals surface area contributed by atoms with Gasteiger partial charge in [-0.05, 0) is 32.1 Å². The predicted molar refractivity (Wildman–Crippen MR) is 76.9 cm³/mol. The number of carbonyl (C=O) groups excluding carboxylic acids is 1. The van der Waals surface area contributed by atoms with Gasteiger partial charge in [0.05, 0.1) is 6.04 Å². The van der Waals surface area contributed by atoms with Crippen molar-refractivity contribution in [3.8, 4) is 0 Å². The molecule has 1 amide bonds. The average molecular weight is 269 g/mol. The number of nitrogens with one attached hydrogen (secondary N) is 2. The van der Waals surface area contributed by atoms with Crippen molar-refractivity contribution < 1.29 is 4.79 Å². The number of thiophene rings is 1. The maximum Gasteiger partial charge on any atom is 0.221 e. The topological polar surface area (TPSA) is 44.4 Å². The summed E-state index contributed by atoms with van der Waals surface area (Å²) in [5, 5.41) is 8.21. The number of hydrogen-bond donors (Lipinski definition) is 2. The van der Waals surface area contributed by atoms with E-state index in [9.17, 15) is 4.79 Å². The number of rotatable bonds is 8. The van der Waals surface area contributed by atoms with Crippen LogP contribution in [0.2, 0.25) is 0 Å². The second-order valence-corrected chi connectivity index (χ2v) is 5.38. The lowest BCUT2D eigenvalue weighted by atomic mass is 10.2. The van der Waals surface area contributed by atoms with E-state index in [1.54, 1.807) is 11.3 Å². The van der Waals surface area contributed by atoms with Gasteiger partial charge in [0.25, 0.3) is 0 Å². The third kappa shape index (κ3) is 5.16. The molecule has 1 atom stereocenters. The molecule has 0 saturated heterocycles. The molecular formula is C13H23N3OS. The summed E-state index contributed by atoms with van der Waals surface area (Å²) in [6.45, 7) is 4.35. The lowest BCUT2D eigenvalue weighted by Crippen LogP contribution is -2.35. The van der Waals surface area contributed by atoms with Crippen molar-refractivity contribution in [3.05, 3.63) is 22.4 Å². The molecule has 0 fully saturated rings. The minimum Gasteiger partial charge on any atom is -0.354 e. The van der Waals surface area contributed by atoms with Crippen LogP contribution < -0.4 is 10.6 Å². The van der Waals surface area contributed by atoms with Crippen molar-refractivity contribution in [2.45, 2.75) is 19.4 Å². The Morgan fingerprint density at radius 1 is 1.50 bits per heavy atom. The van der Waals surface area contributed by atoms with Crippen LogP contribution in [-0.2, 0) is 4.79 Å². The molecule has 1 aromatic heterocycles. The second kappa shape index (κ2) is 8.24. The molecule has 1 rings (SSSR count). The van der Waals surface area contributed by atoms with Crippen molar-refractivity contribution in [1.29, 1.82) is 0 Å². The monoisotopic (exact) mass is 269 g/mol. The van der Waals surface area contributed by atoms with E-state index in [-0.39, 0.29) is 11.9 Å². The first-order valence-electron chi connectivity index (χ1n) is 6.32. The van der Waals surface area contributed by atoms with E-state index >= 15 is 0 Å². The summed E-state index contributed by atoms with van der Waals surface area (Å²) in [4.78, 5) is 15.1. The van der Waals surface area contributed by atoms with Crippen LogP contribution in [-0.4, -0.2) is 44.5 Å². The summed E-state index contributed by atoms with van der Waals surface area (Å²) in [7, 11) is 4.07. The minimum atomic E-state index is 0.111. The van der Waals surface area contributed by atoms with Crippen molar-refractivity contribution in [2.24, 2.45) is 0 Å². The van der Waals surface area contributed by atoms with E-state index in [1.807, 2.05) is 27.1 Å². The minimum absolute atomic E-state index is 0.111. The summed E-state index contributed by atoms with van der Waals surface area (Å²) in [6.07, 6.45) is 0.540. The maximum absolute atomic E-state index is 11.6. The molecule has 0 spiro atoms. The van der Waals surface area contributed by atoms with Gasteiger partial charge in [-0.3, -0.25) is 4.79 Å². The Morgan fingerprint density at radius 3 is 2.83 bits per heavy atom. The summed E-state index contributed by atoms with van der Waals surface area (Å²) in [5.41, 5.74) is 0. The Morgan fingerprint density at radius 2 is 2.28 bits per heavy atom. The van der Waals surface area contributed by atoms with Gasteiger partial charge in [0, 0.05) is 24.4 Å². The fourth-order valence-electron chi connectivity index (χ4n) is 1.70. The summed E-state index contributed by atoms with van der Waals surface area (Å²) >= 11 is 1.73. The summed E-state index contributed by atoms with van der Waals surface area (Å²) < 4.78 is 0. The molecule has 102 valence electrons. The number of carbonyl (C=O) groups is 1. The SMILES string of the molecule is CCNCCC(=O)NCC(c1cccs1)N(C)C. The quantitative estimate of drug-likeness (QED) is 0.702. The van der Waals surface area contributed by atoms with Crippen molar-refractivity contribution in [1.82, 2.24) is 15.5 Å². The third-order valence-corrected chi connectivity index (χ3v) is 3.74. The Kier molecular flexibility index (Phi) is 6.93. The smallest absolute Gasteiger partial charge is 0.221 e. The first kappa shape index (κ1) is 15.1. The zero-order valence-electron chi connectivity index (χ0n) is 11.4. The molecule has 0 bridgehead atoms. The zero-order chi connectivity index (χ0) is 13.4. The molecular weight excluding hydrogens is 246 g/mol. The predicted octanol–water partition coefficient (Wildman–Crippen LogP) is 1.47. The van der Waals surface area contributed by atoms with Gasteiger partial charge in [-0.15, -0.1) is 11.3 Å². The van der Waals surface area contributed by atoms with Gasteiger partial charge < -0.3 is 15.5 Å². The van der Waals surface area contributed by atoms with Crippen LogP contribution in [0.4, 0.5) is 0 Å². The Balaban J connectivity index is 2.37. The van der Waals surface area contributed by atoms with E-state index in [0.717, 1.165) is 13.1 Å². The highest BCUT2D eigenvalue weighted by Gasteiger charge is 2.15. The molecule has 5 heteroatoms. The number of nitrogens with zero attached hydrogens (tertiary/aromatic N) is 1. The molecule has 1 aromatic rings. The van der Waals surface area contributed by atoms with E-state index < -0.39 is 0 Å². The summed E-state index contributed by atoms with van der Waals surface area (Å²) in [5.74, 6) is 0.111. The van der Waals surface area contributed by atoms with Crippen LogP contribution >= 0.6 is 11.3 Å². The van der Waals surface area contributed by atoms with Gasteiger partial charge in [0.2, 0.25) is 5.91 Å². The van der Waals surface area contributed by atoms with Crippen LogP contribution in [0.3, 0.4) is 0 Å². The Hall–Kier alpha value is -0.910. The summed E-state index contributed by atoms with van der Waals surface area (Å²) in [6, 6.07) is 4.41. The largest absolute Gasteiger partial charge is 0.354 e. The molecule has 18 heavy (non-hydrogen) atoms. The molecule has 0 aliphatic heterocycles. The van der Waals surface area contributed by atoms with Gasteiger partial charge in [0.15, 0.2) is 0 Å². The Labute approximate surface area is 113 Å². The number of hydrogen-bond acceptors (Lipinski definition) is 4. The van der Waals surface area contributed by atoms with Crippen molar-refractivity contribution in [2.75, 3.05) is 33.7 Å². The third-order valence-electron chi connectivity index (χ3n) is 2.77. The van der Waals surface area contributed by atoms with Crippen LogP contribution in [0, 0.1) is 0 Å². The lowest BCUT2D eigenvalue weighted by Gasteiger charge is -2.23. The maximum atomic E-state index is 11.6. The van der Waals surface area contributed by atoms with Gasteiger partial charge in [-0.1, -0.05) is 13.0 Å². The van der Waals surface area contributed by atoms with Crippen LogP contribution in [0.1, 0.15) is 24.3 Å². The van der Waals surface area contributed by atoms with Crippen molar-refractivity contribution >= 4 is 17.2 Å². The zero-order valence-corrected chi connectivity index (χ0v) is 12.2. The molecule has 2 N–H and O–H groups in total. The van der Waals surface area contributed by atoms with E-state index in [4.69, 9.17) is 0 Å². The lowest BCUT2D eigenvalue weighted by molar-refractivity contribution is -0.121. The molecule has 0 aliphatic rings. The van der Waals surface area contributed by atoms with Crippen molar-refractivity contribution in [3.63, 3.8) is 0 Å². The van der Waals surface area contributed by atoms with Gasteiger partial charge in [-0.2, -0.15) is 0 Å². The highest BCUT2D eigenvalue weighted by molar-refractivity contribution is 7.10. The molecule has 0 aliphatic carbocycles.